The zero-order valence-corrected chi connectivity index (χ0v) is 13.6. The van der Waals surface area contributed by atoms with E-state index in [0.29, 0.717) is 16.9 Å². The van der Waals surface area contributed by atoms with Gasteiger partial charge in [-0.1, -0.05) is 6.07 Å². The first kappa shape index (κ1) is 16.0. The van der Waals surface area contributed by atoms with Crippen LogP contribution in [0, 0.1) is 0 Å². The SMILES string of the molecule is CC(=O)Nc1cccc(NC(=O)c2cccnc2N2CCCC2)c1. The summed E-state index contributed by atoms with van der Waals surface area (Å²) >= 11 is 0. The van der Waals surface area contributed by atoms with E-state index in [4.69, 9.17) is 0 Å². The highest BCUT2D eigenvalue weighted by molar-refractivity contribution is 6.07. The van der Waals surface area contributed by atoms with Crippen molar-refractivity contribution in [1.82, 2.24) is 4.98 Å². The fraction of sp³-hybridized carbons (Fsp3) is 0.278. The molecular formula is C18H20N4O2. The average molecular weight is 324 g/mol. The summed E-state index contributed by atoms with van der Waals surface area (Å²) in [5.41, 5.74) is 1.83. The van der Waals surface area contributed by atoms with Gasteiger partial charge in [0.2, 0.25) is 5.91 Å². The highest BCUT2D eigenvalue weighted by atomic mass is 16.2. The minimum Gasteiger partial charge on any atom is -0.356 e. The molecule has 1 aliphatic heterocycles. The second-order valence-corrected chi connectivity index (χ2v) is 5.78. The Kier molecular flexibility index (Phi) is 4.74. The summed E-state index contributed by atoms with van der Waals surface area (Å²) in [4.78, 5) is 30.3. The number of aromatic nitrogens is 1. The van der Waals surface area contributed by atoms with E-state index in [-0.39, 0.29) is 11.8 Å². The smallest absolute Gasteiger partial charge is 0.259 e. The van der Waals surface area contributed by atoms with Crippen molar-refractivity contribution >= 4 is 29.0 Å². The molecule has 0 aliphatic carbocycles. The monoisotopic (exact) mass is 324 g/mol. The number of amides is 2. The van der Waals surface area contributed by atoms with E-state index >= 15 is 0 Å². The lowest BCUT2D eigenvalue weighted by molar-refractivity contribution is -0.114. The van der Waals surface area contributed by atoms with Crippen molar-refractivity contribution in [2.24, 2.45) is 0 Å². The quantitative estimate of drug-likeness (QED) is 0.907. The maximum Gasteiger partial charge on any atom is 0.259 e. The Morgan fingerprint density at radius 3 is 2.46 bits per heavy atom. The summed E-state index contributed by atoms with van der Waals surface area (Å²) in [6, 6.07) is 10.6. The van der Waals surface area contributed by atoms with E-state index in [1.54, 1.807) is 42.6 Å². The fourth-order valence-corrected chi connectivity index (χ4v) is 2.83. The van der Waals surface area contributed by atoms with E-state index < -0.39 is 0 Å². The number of pyridine rings is 1. The molecule has 2 heterocycles. The molecule has 1 aromatic carbocycles. The Hall–Kier alpha value is -2.89. The third kappa shape index (κ3) is 3.71. The van der Waals surface area contributed by atoms with Crippen LogP contribution in [0.1, 0.15) is 30.1 Å². The molecule has 3 rings (SSSR count). The summed E-state index contributed by atoms with van der Waals surface area (Å²) in [6.07, 6.45) is 3.95. The molecule has 6 nitrogen and oxygen atoms in total. The van der Waals surface area contributed by atoms with Gasteiger partial charge in [0.25, 0.3) is 5.91 Å². The standard InChI is InChI=1S/C18H20N4O2/c1-13(23)20-14-6-4-7-15(12-14)21-18(24)16-8-5-9-19-17(16)22-10-2-3-11-22/h4-9,12H,2-3,10-11H2,1H3,(H,20,23)(H,21,24). The number of nitrogens with one attached hydrogen (secondary N) is 2. The molecule has 6 heteroatoms. The van der Waals surface area contributed by atoms with Gasteiger partial charge < -0.3 is 15.5 Å². The van der Waals surface area contributed by atoms with Crippen molar-refractivity contribution in [3.05, 3.63) is 48.2 Å². The highest BCUT2D eigenvalue weighted by Crippen LogP contribution is 2.23. The van der Waals surface area contributed by atoms with Crippen LogP contribution in [0.25, 0.3) is 0 Å². The third-order valence-electron chi connectivity index (χ3n) is 3.88. The fourth-order valence-electron chi connectivity index (χ4n) is 2.83. The normalized spacial score (nSPS) is 13.6. The Labute approximate surface area is 140 Å². The van der Waals surface area contributed by atoms with Gasteiger partial charge in [-0.15, -0.1) is 0 Å². The first-order valence-corrected chi connectivity index (χ1v) is 8.02. The van der Waals surface area contributed by atoms with Crippen molar-refractivity contribution < 1.29 is 9.59 Å². The van der Waals surface area contributed by atoms with Crippen LogP contribution in [0.5, 0.6) is 0 Å². The van der Waals surface area contributed by atoms with Crippen LogP contribution in [0.15, 0.2) is 42.6 Å². The van der Waals surface area contributed by atoms with Crippen LogP contribution >= 0.6 is 0 Å². The predicted octanol–water partition coefficient (Wildman–Crippen LogP) is 2.89. The maximum absolute atomic E-state index is 12.7. The minimum atomic E-state index is -0.204. The first-order chi connectivity index (χ1) is 11.6. The topological polar surface area (TPSA) is 74.3 Å². The summed E-state index contributed by atoms with van der Waals surface area (Å²) in [5, 5.41) is 5.58. The second-order valence-electron chi connectivity index (χ2n) is 5.78. The van der Waals surface area contributed by atoms with E-state index in [1.807, 2.05) is 0 Å². The van der Waals surface area contributed by atoms with E-state index in [0.717, 1.165) is 31.7 Å². The van der Waals surface area contributed by atoms with Gasteiger partial charge in [0.1, 0.15) is 5.82 Å². The van der Waals surface area contributed by atoms with Crippen LogP contribution in [0.4, 0.5) is 17.2 Å². The van der Waals surface area contributed by atoms with Crippen molar-refractivity contribution in [2.75, 3.05) is 28.6 Å². The number of nitrogens with zero attached hydrogens (tertiary/aromatic N) is 2. The second kappa shape index (κ2) is 7.12. The summed E-state index contributed by atoms with van der Waals surface area (Å²) < 4.78 is 0. The van der Waals surface area contributed by atoms with Gasteiger partial charge >= 0.3 is 0 Å². The van der Waals surface area contributed by atoms with E-state index in [2.05, 4.69) is 20.5 Å². The molecule has 0 atom stereocenters. The number of carbonyl (C=O) groups is 2. The van der Waals surface area contributed by atoms with Crippen LogP contribution in [-0.4, -0.2) is 29.9 Å². The molecular weight excluding hydrogens is 304 g/mol. The van der Waals surface area contributed by atoms with Crippen molar-refractivity contribution in [3.8, 4) is 0 Å². The van der Waals surface area contributed by atoms with Gasteiger partial charge in [0.15, 0.2) is 0 Å². The molecule has 124 valence electrons. The number of rotatable bonds is 4. The molecule has 0 spiro atoms. The van der Waals surface area contributed by atoms with Crippen LogP contribution in [0.2, 0.25) is 0 Å². The van der Waals surface area contributed by atoms with Gasteiger partial charge in [0.05, 0.1) is 5.56 Å². The largest absolute Gasteiger partial charge is 0.356 e. The van der Waals surface area contributed by atoms with Crippen molar-refractivity contribution in [3.63, 3.8) is 0 Å². The Bertz CT molecular complexity index is 754. The zero-order chi connectivity index (χ0) is 16.9. The van der Waals surface area contributed by atoms with Gasteiger partial charge in [0, 0.05) is 37.6 Å². The minimum absolute atomic E-state index is 0.151. The Morgan fingerprint density at radius 1 is 1.04 bits per heavy atom. The van der Waals surface area contributed by atoms with Crippen molar-refractivity contribution in [1.29, 1.82) is 0 Å². The Morgan fingerprint density at radius 2 is 1.75 bits per heavy atom. The van der Waals surface area contributed by atoms with Gasteiger partial charge in [-0.05, 0) is 43.2 Å². The molecule has 2 N–H and O–H groups in total. The number of anilines is 3. The van der Waals surface area contributed by atoms with Crippen LogP contribution < -0.4 is 15.5 Å². The number of hydrogen-bond acceptors (Lipinski definition) is 4. The summed E-state index contributed by atoms with van der Waals surface area (Å²) in [5.74, 6) is 0.373. The van der Waals surface area contributed by atoms with Gasteiger partial charge in [-0.2, -0.15) is 0 Å². The van der Waals surface area contributed by atoms with Crippen LogP contribution in [0.3, 0.4) is 0 Å². The molecule has 1 fully saturated rings. The van der Waals surface area contributed by atoms with Gasteiger partial charge in [-0.25, -0.2) is 4.98 Å². The Balaban J connectivity index is 1.79. The molecule has 2 aromatic rings. The molecule has 0 radical (unpaired) electrons. The van der Waals surface area contributed by atoms with Gasteiger partial charge in [-0.3, -0.25) is 9.59 Å². The average Bonchev–Trinajstić information content (AvgIpc) is 3.09. The first-order valence-electron chi connectivity index (χ1n) is 8.02. The molecule has 1 aromatic heterocycles. The molecule has 24 heavy (non-hydrogen) atoms. The number of hydrogen-bond donors (Lipinski definition) is 2. The maximum atomic E-state index is 12.7. The number of carbonyl (C=O) groups excluding carboxylic acids is 2. The molecule has 0 unspecified atom stereocenters. The lowest BCUT2D eigenvalue weighted by Gasteiger charge is -2.19. The van der Waals surface area contributed by atoms with E-state index in [1.165, 1.54) is 6.92 Å². The summed E-state index contributed by atoms with van der Waals surface area (Å²) in [6.45, 7) is 3.30. The molecule has 0 bridgehead atoms. The predicted molar refractivity (Wildman–Crippen MR) is 94.4 cm³/mol. The molecule has 0 saturated carbocycles. The lowest BCUT2D eigenvalue weighted by atomic mass is 10.2. The summed E-state index contributed by atoms with van der Waals surface area (Å²) in [7, 11) is 0. The van der Waals surface area contributed by atoms with E-state index in [9.17, 15) is 9.59 Å². The lowest BCUT2D eigenvalue weighted by Crippen LogP contribution is -2.24. The molecule has 1 saturated heterocycles. The molecule has 1 aliphatic rings. The third-order valence-corrected chi connectivity index (χ3v) is 3.88. The number of benzene rings is 1. The highest BCUT2D eigenvalue weighted by Gasteiger charge is 2.20. The van der Waals surface area contributed by atoms with Crippen LogP contribution in [-0.2, 0) is 4.79 Å². The van der Waals surface area contributed by atoms with Crippen molar-refractivity contribution in [2.45, 2.75) is 19.8 Å². The zero-order valence-electron chi connectivity index (χ0n) is 13.6. The molecule has 2 amide bonds.